The van der Waals surface area contributed by atoms with Gasteiger partial charge in [-0.2, -0.15) is 0 Å². The maximum atomic E-state index is 6.36. The van der Waals surface area contributed by atoms with Crippen molar-refractivity contribution >= 4 is 34.3 Å². The Labute approximate surface area is 189 Å². The molecule has 0 aliphatic heterocycles. The van der Waals surface area contributed by atoms with Crippen LogP contribution in [0.5, 0.6) is 0 Å². The SMILES string of the molecule is Cc1ccccc1-n1c(SCc2ccc(Cl)c3cccnc23)nnc1-c1cccnc1. The highest BCUT2D eigenvalue weighted by molar-refractivity contribution is 7.98. The summed E-state index contributed by atoms with van der Waals surface area (Å²) in [5, 5.41) is 11.5. The molecule has 2 aromatic carbocycles. The van der Waals surface area contributed by atoms with Crippen LogP contribution in [0.4, 0.5) is 0 Å². The van der Waals surface area contributed by atoms with Crippen LogP contribution in [0.1, 0.15) is 11.1 Å². The number of thioether (sulfide) groups is 1. The third-order valence-corrected chi connectivity index (χ3v) is 6.37. The number of nitrogens with zero attached hydrogens (tertiary/aromatic N) is 5. The van der Waals surface area contributed by atoms with E-state index in [9.17, 15) is 0 Å². The first-order valence-corrected chi connectivity index (χ1v) is 11.2. The number of hydrogen-bond acceptors (Lipinski definition) is 5. The Morgan fingerprint density at radius 2 is 1.81 bits per heavy atom. The van der Waals surface area contributed by atoms with Crippen molar-refractivity contribution in [2.75, 3.05) is 0 Å². The van der Waals surface area contributed by atoms with Crippen molar-refractivity contribution < 1.29 is 0 Å². The molecule has 0 radical (unpaired) electrons. The minimum atomic E-state index is 0.696. The van der Waals surface area contributed by atoms with Gasteiger partial charge >= 0.3 is 0 Å². The summed E-state index contributed by atoms with van der Waals surface area (Å²) >= 11 is 7.99. The fourth-order valence-corrected chi connectivity index (χ4v) is 4.68. The van der Waals surface area contributed by atoms with Crippen LogP contribution in [0.15, 0.2) is 84.4 Å². The van der Waals surface area contributed by atoms with E-state index >= 15 is 0 Å². The fourth-order valence-electron chi connectivity index (χ4n) is 3.53. The van der Waals surface area contributed by atoms with E-state index < -0.39 is 0 Å². The quantitative estimate of drug-likeness (QED) is 0.306. The topological polar surface area (TPSA) is 56.5 Å². The number of pyridine rings is 2. The van der Waals surface area contributed by atoms with E-state index in [0.29, 0.717) is 10.8 Å². The lowest BCUT2D eigenvalue weighted by atomic mass is 10.1. The molecule has 0 spiro atoms. The zero-order valence-electron chi connectivity index (χ0n) is 16.7. The van der Waals surface area contributed by atoms with E-state index in [-0.39, 0.29) is 0 Å². The molecule has 0 aliphatic carbocycles. The van der Waals surface area contributed by atoms with Gasteiger partial charge in [0.1, 0.15) is 0 Å². The van der Waals surface area contributed by atoms with E-state index in [1.807, 2.05) is 54.7 Å². The molecule has 152 valence electrons. The van der Waals surface area contributed by atoms with Crippen LogP contribution in [-0.4, -0.2) is 24.7 Å². The van der Waals surface area contributed by atoms with Crippen molar-refractivity contribution in [3.63, 3.8) is 0 Å². The first-order valence-electron chi connectivity index (χ1n) is 9.79. The number of aromatic nitrogens is 5. The van der Waals surface area contributed by atoms with Crippen molar-refractivity contribution in [2.45, 2.75) is 17.8 Å². The number of benzene rings is 2. The van der Waals surface area contributed by atoms with Gasteiger partial charge in [-0.3, -0.25) is 14.5 Å². The Morgan fingerprint density at radius 3 is 2.65 bits per heavy atom. The molecule has 0 unspecified atom stereocenters. The molecular formula is C24H18ClN5S. The smallest absolute Gasteiger partial charge is 0.196 e. The zero-order valence-corrected chi connectivity index (χ0v) is 18.3. The first-order chi connectivity index (χ1) is 15.2. The summed E-state index contributed by atoms with van der Waals surface area (Å²) in [6.07, 6.45) is 5.36. The second kappa shape index (κ2) is 8.49. The molecule has 3 aromatic heterocycles. The lowest BCUT2D eigenvalue weighted by molar-refractivity contribution is 0.880. The molecule has 7 heteroatoms. The van der Waals surface area contributed by atoms with Crippen LogP contribution in [0, 0.1) is 6.92 Å². The summed E-state index contributed by atoms with van der Waals surface area (Å²) < 4.78 is 2.10. The predicted octanol–water partition coefficient (Wildman–Crippen LogP) is 6.13. The summed E-state index contributed by atoms with van der Waals surface area (Å²) in [7, 11) is 0. The monoisotopic (exact) mass is 443 g/mol. The molecule has 0 bridgehead atoms. The van der Waals surface area contributed by atoms with E-state index in [2.05, 4.69) is 43.8 Å². The van der Waals surface area contributed by atoms with Gasteiger partial charge in [-0.1, -0.05) is 47.6 Å². The van der Waals surface area contributed by atoms with Crippen LogP contribution in [0.3, 0.4) is 0 Å². The molecule has 0 fully saturated rings. The maximum absolute atomic E-state index is 6.36. The van der Waals surface area contributed by atoms with Gasteiger partial charge in [0.15, 0.2) is 11.0 Å². The molecule has 31 heavy (non-hydrogen) atoms. The largest absolute Gasteiger partial charge is 0.270 e. The van der Waals surface area contributed by atoms with Gasteiger partial charge in [-0.05, 0) is 54.4 Å². The van der Waals surface area contributed by atoms with E-state index in [4.69, 9.17) is 11.6 Å². The van der Waals surface area contributed by atoms with E-state index in [0.717, 1.165) is 44.3 Å². The van der Waals surface area contributed by atoms with Crippen LogP contribution in [-0.2, 0) is 5.75 Å². The maximum Gasteiger partial charge on any atom is 0.196 e. The highest BCUT2D eigenvalue weighted by atomic mass is 35.5. The second-order valence-corrected chi connectivity index (χ2v) is 8.41. The molecule has 0 saturated heterocycles. The highest BCUT2D eigenvalue weighted by Crippen LogP contribution is 2.33. The van der Waals surface area contributed by atoms with Crippen molar-refractivity contribution in [3.05, 3.63) is 95.4 Å². The predicted molar refractivity (Wildman–Crippen MR) is 126 cm³/mol. The van der Waals surface area contributed by atoms with Crippen LogP contribution in [0.25, 0.3) is 28.0 Å². The Morgan fingerprint density at radius 1 is 0.935 bits per heavy atom. The van der Waals surface area contributed by atoms with Crippen LogP contribution in [0.2, 0.25) is 5.02 Å². The third-order valence-electron chi connectivity index (χ3n) is 5.07. The Bertz CT molecular complexity index is 1370. The Hall–Kier alpha value is -3.22. The number of rotatable bonds is 5. The summed E-state index contributed by atoms with van der Waals surface area (Å²) in [4.78, 5) is 8.81. The molecular weight excluding hydrogens is 426 g/mol. The van der Waals surface area contributed by atoms with Gasteiger partial charge in [0, 0.05) is 40.3 Å². The molecule has 5 rings (SSSR count). The van der Waals surface area contributed by atoms with Gasteiger partial charge in [0.2, 0.25) is 0 Å². The normalized spacial score (nSPS) is 11.2. The average molecular weight is 444 g/mol. The summed E-state index contributed by atoms with van der Waals surface area (Å²) in [5.41, 5.74) is 5.13. The van der Waals surface area contributed by atoms with Gasteiger partial charge in [-0.15, -0.1) is 10.2 Å². The third kappa shape index (κ3) is 3.80. The summed E-state index contributed by atoms with van der Waals surface area (Å²) in [5.74, 6) is 1.46. The average Bonchev–Trinajstić information content (AvgIpc) is 3.23. The second-order valence-electron chi connectivity index (χ2n) is 7.06. The molecule has 0 aliphatic rings. The van der Waals surface area contributed by atoms with Gasteiger partial charge in [-0.25, -0.2) is 0 Å². The van der Waals surface area contributed by atoms with Gasteiger partial charge in [0.25, 0.3) is 0 Å². The Balaban J connectivity index is 1.57. The molecule has 3 heterocycles. The number of aryl methyl sites for hydroxylation is 1. The number of halogens is 1. The standard InChI is InChI=1S/C24H18ClN5S/c1-16-6-2-3-9-21(16)30-23(17-7-4-12-26-14-17)28-29-24(30)31-15-18-10-11-20(25)19-8-5-13-27-22(18)19/h2-14H,15H2,1H3. The van der Waals surface area contributed by atoms with Gasteiger partial charge < -0.3 is 0 Å². The van der Waals surface area contributed by atoms with Crippen LogP contribution < -0.4 is 0 Å². The number of para-hydroxylation sites is 1. The first kappa shape index (κ1) is 19.7. The highest BCUT2D eigenvalue weighted by Gasteiger charge is 2.18. The molecule has 0 atom stereocenters. The Kier molecular flexibility index (Phi) is 5.40. The van der Waals surface area contributed by atoms with Crippen molar-refractivity contribution in [1.82, 2.24) is 24.7 Å². The summed E-state index contributed by atoms with van der Waals surface area (Å²) in [6, 6.07) is 20.0. The molecule has 0 N–H and O–H groups in total. The van der Waals surface area contributed by atoms with Crippen LogP contribution >= 0.6 is 23.4 Å². The number of fused-ring (bicyclic) bond motifs is 1. The van der Waals surface area contributed by atoms with E-state index in [1.165, 1.54) is 0 Å². The zero-order chi connectivity index (χ0) is 21.2. The van der Waals surface area contributed by atoms with Crippen molar-refractivity contribution in [1.29, 1.82) is 0 Å². The minimum absolute atomic E-state index is 0.696. The molecule has 0 amide bonds. The van der Waals surface area contributed by atoms with Gasteiger partial charge in [0.05, 0.1) is 11.2 Å². The molecule has 0 saturated carbocycles. The minimum Gasteiger partial charge on any atom is -0.270 e. The lowest BCUT2D eigenvalue weighted by Crippen LogP contribution is -2.02. The fraction of sp³-hybridized carbons (Fsp3) is 0.0833. The number of hydrogen-bond donors (Lipinski definition) is 0. The van der Waals surface area contributed by atoms with Crippen molar-refractivity contribution in [3.8, 4) is 17.1 Å². The van der Waals surface area contributed by atoms with E-state index in [1.54, 1.807) is 24.2 Å². The lowest BCUT2D eigenvalue weighted by Gasteiger charge is -2.13. The molecule has 5 aromatic rings. The van der Waals surface area contributed by atoms with Crippen molar-refractivity contribution in [2.24, 2.45) is 0 Å². The molecule has 5 nitrogen and oxygen atoms in total. The summed E-state index contributed by atoms with van der Waals surface area (Å²) in [6.45, 7) is 2.09.